The maximum Gasteiger partial charge on any atom is 0.312 e. The van der Waals surface area contributed by atoms with Gasteiger partial charge in [-0.3, -0.25) is 14.4 Å². The van der Waals surface area contributed by atoms with E-state index < -0.39 is 88.8 Å². The van der Waals surface area contributed by atoms with Gasteiger partial charge >= 0.3 is 11.8 Å². The highest BCUT2D eigenvalue weighted by Gasteiger charge is 2.50. The first-order valence-electron chi connectivity index (χ1n) is 17.1. The molecular weight excluding hydrogens is 690 g/mol. The summed E-state index contributed by atoms with van der Waals surface area (Å²) in [4.78, 5) is 39.8. The number of aliphatic hydroxyl groups is 2. The fourth-order valence-electron chi connectivity index (χ4n) is 6.95. The number of fused-ring (bicyclic) bond motifs is 14. The molecule has 3 aliphatic rings. The number of methoxy groups -OCH3 is 1. The molecule has 2 aromatic rings. The summed E-state index contributed by atoms with van der Waals surface area (Å²) >= 11 is 0. The van der Waals surface area contributed by atoms with Gasteiger partial charge in [0.05, 0.1) is 53.0 Å². The zero-order valence-corrected chi connectivity index (χ0v) is 31.2. The van der Waals surface area contributed by atoms with Crippen molar-refractivity contribution < 1.29 is 58.9 Å². The number of allylic oxidation sites excluding steroid dienone is 2. The molecule has 53 heavy (non-hydrogen) atoms. The van der Waals surface area contributed by atoms with Crippen LogP contribution in [0.15, 0.2) is 41.2 Å². The number of rotatable bonds is 3. The second-order valence-corrected chi connectivity index (χ2v) is 13.9. The van der Waals surface area contributed by atoms with E-state index in [-0.39, 0.29) is 44.5 Å². The zero-order valence-electron chi connectivity index (χ0n) is 31.2. The first-order valence-corrected chi connectivity index (χ1v) is 17.1. The van der Waals surface area contributed by atoms with E-state index in [1.807, 2.05) is 0 Å². The maximum absolute atomic E-state index is 14.1. The van der Waals surface area contributed by atoms with E-state index in [2.05, 4.69) is 10.4 Å². The summed E-state index contributed by atoms with van der Waals surface area (Å²) < 4.78 is 23.3. The standard InChI is InChI=1S/C38H49N3O12/c1-16-11-10-12-17(2)37(49)41-28-23(15-40-39)32(46)25-26(33(28)47)31(45)21(6)35-27(25)36(48)38(8,53-35)51-14-13-24(50-9)18(3)34(52-22(7)42)20(5)30(44)19(4)29(16)43/h10-16,18-20,24,29-30,34,43-47H,39H2,1-9H3,(H,41,49)/b11-10+,14-13+,17-12-,40-15?/t16-,18-,19+,20-,24-,29-,30+,34+,38-/m0/s1. The summed E-state index contributed by atoms with van der Waals surface area (Å²) in [7, 11) is 1.42. The quantitative estimate of drug-likeness (QED) is 0.0588. The Morgan fingerprint density at radius 1 is 0.981 bits per heavy atom. The highest BCUT2D eigenvalue weighted by Crippen LogP contribution is 2.55. The number of esters is 1. The van der Waals surface area contributed by atoms with Gasteiger partial charge in [0.15, 0.2) is 5.75 Å². The van der Waals surface area contributed by atoms with Crippen LogP contribution in [0.3, 0.4) is 0 Å². The number of nitrogens with one attached hydrogen (secondary N) is 1. The van der Waals surface area contributed by atoms with Crippen LogP contribution in [-0.4, -0.2) is 86.7 Å². The number of aromatic hydroxyl groups is 3. The molecule has 15 heteroatoms. The third-order valence-corrected chi connectivity index (χ3v) is 10.2. The van der Waals surface area contributed by atoms with E-state index in [1.54, 1.807) is 39.8 Å². The van der Waals surface area contributed by atoms with Crippen molar-refractivity contribution in [3.8, 4) is 23.0 Å². The van der Waals surface area contributed by atoms with Gasteiger partial charge < -0.3 is 55.6 Å². The maximum atomic E-state index is 14.1. The molecule has 2 aromatic carbocycles. The second-order valence-electron chi connectivity index (χ2n) is 13.9. The van der Waals surface area contributed by atoms with E-state index in [0.29, 0.717) is 0 Å². The topological polar surface area (TPSA) is 240 Å². The molecule has 3 heterocycles. The summed E-state index contributed by atoms with van der Waals surface area (Å²) in [6, 6.07) is 0. The van der Waals surface area contributed by atoms with Crippen molar-refractivity contribution in [3.05, 3.63) is 52.8 Å². The number of ether oxygens (including phenoxy) is 4. The average molecular weight is 740 g/mol. The number of benzene rings is 2. The summed E-state index contributed by atoms with van der Waals surface area (Å²) in [6.07, 6.45) is 4.36. The number of nitrogens with zero attached hydrogens (tertiary/aromatic N) is 1. The number of hydrogen-bond acceptors (Lipinski definition) is 14. The van der Waals surface area contributed by atoms with E-state index in [9.17, 15) is 39.9 Å². The van der Waals surface area contributed by atoms with Gasteiger partial charge in [0, 0.05) is 61.2 Å². The zero-order chi connectivity index (χ0) is 39.7. The van der Waals surface area contributed by atoms with Gasteiger partial charge in [0.25, 0.3) is 11.7 Å². The van der Waals surface area contributed by atoms with Crippen molar-refractivity contribution in [3.63, 3.8) is 0 Å². The number of hydrogen-bond donors (Lipinski definition) is 7. The molecule has 1 amide bonds. The Morgan fingerprint density at radius 3 is 2.25 bits per heavy atom. The Kier molecular flexibility index (Phi) is 12.2. The number of anilines is 1. The van der Waals surface area contributed by atoms with Crippen LogP contribution in [0.2, 0.25) is 0 Å². The lowest BCUT2D eigenvalue weighted by Crippen LogP contribution is -2.46. The van der Waals surface area contributed by atoms with Crippen LogP contribution in [0.4, 0.5) is 5.69 Å². The Bertz CT molecular complexity index is 1900. The van der Waals surface area contributed by atoms with Gasteiger partial charge in [-0.25, -0.2) is 0 Å². The van der Waals surface area contributed by atoms with Crippen LogP contribution in [-0.2, 0) is 23.8 Å². The number of carbonyl (C=O) groups excluding carboxylic acids is 3. The normalized spacial score (nSPS) is 32.2. The minimum absolute atomic E-state index is 0.0294. The SMILES string of the molecule is CO[C@H]1/C=C/O[C@@]2(C)Oc3c(C)c(O)c4c(O)c(c(C=NN)c(O)c4c3C2=O)NC(=O)/C(C)=C\C=C\[C@H](C)[C@H](O)[C@@H](C)[C@@H](O)[C@H](C)[C@H](OC(C)=O)[C@H]1C. The van der Waals surface area contributed by atoms with Crippen LogP contribution in [0.25, 0.3) is 10.8 Å². The second kappa shape index (κ2) is 15.9. The molecule has 0 fully saturated rings. The van der Waals surface area contributed by atoms with Crippen LogP contribution in [0, 0.1) is 30.6 Å². The number of ketones is 1. The molecule has 0 radical (unpaired) electrons. The molecule has 0 saturated heterocycles. The van der Waals surface area contributed by atoms with E-state index in [0.717, 1.165) is 6.21 Å². The Hall–Kier alpha value is -5.12. The molecule has 0 unspecified atom stereocenters. The molecule has 0 aliphatic carbocycles. The number of carbonyl (C=O) groups is 3. The molecule has 0 aromatic heterocycles. The third-order valence-electron chi connectivity index (χ3n) is 10.2. The van der Waals surface area contributed by atoms with Crippen LogP contribution >= 0.6 is 0 Å². The third kappa shape index (κ3) is 7.54. The number of hydrazone groups is 1. The number of nitrogens with two attached hydrogens (primary N) is 1. The minimum Gasteiger partial charge on any atom is -0.507 e. The van der Waals surface area contributed by atoms with Crippen molar-refractivity contribution in [1.82, 2.24) is 0 Å². The minimum atomic E-state index is -2.05. The summed E-state index contributed by atoms with van der Waals surface area (Å²) in [5, 5.41) is 62.5. The molecule has 3 aliphatic heterocycles. The Balaban J connectivity index is 1.95. The van der Waals surface area contributed by atoms with Gasteiger partial charge in [-0.1, -0.05) is 45.9 Å². The summed E-state index contributed by atoms with van der Waals surface area (Å²) in [5.41, 5.74) is -0.677. The van der Waals surface area contributed by atoms with E-state index in [1.165, 1.54) is 53.2 Å². The molecule has 5 bridgehead atoms. The number of amides is 1. The molecule has 288 valence electrons. The molecule has 9 atom stereocenters. The smallest absolute Gasteiger partial charge is 0.312 e. The van der Waals surface area contributed by atoms with Gasteiger partial charge in [0.1, 0.15) is 23.4 Å². The predicted octanol–water partition coefficient (Wildman–Crippen LogP) is 4.05. The summed E-state index contributed by atoms with van der Waals surface area (Å²) in [6.45, 7) is 12.3. The largest absolute Gasteiger partial charge is 0.507 e. The van der Waals surface area contributed by atoms with Crippen molar-refractivity contribution in [1.29, 1.82) is 0 Å². The lowest BCUT2D eigenvalue weighted by Gasteiger charge is -2.38. The van der Waals surface area contributed by atoms with Crippen LogP contribution < -0.4 is 15.9 Å². The predicted molar refractivity (Wildman–Crippen MR) is 196 cm³/mol. The number of phenols is 3. The molecule has 5 rings (SSSR count). The molecule has 8 N–H and O–H groups in total. The molecule has 15 nitrogen and oxygen atoms in total. The van der Waals surface area contributed by atoms with Crippen molar-refractivity contribution in [2.45, 2.75) is 85.6 Å². The first-order chi connectivity index (χ1) is 24.8. The van der Waals surface area contributed by atoms with E-state index in [4.69, 9.17) is 24.8 Å². The van der Waals surface area contributed by atoms with Gasteiger partial charge in [-0.2, -0.15) is 5.10 Å². The lowest BCUT2D eigenvalue weighted by molar-refractivity contribution is -0.160. The molecule has 0 saturated carbocycles. The first kappa shape index (κ1) is 40.6. The van der Waals surface area contributed by atoms with Gasteiger partial charge in [-0.05, 0) is 19.9 Å². The monoisotopic (exact) mass is 739 g/mol. The molecule has 0 spiro atoms. The van der Waals surface area contributed by atoms with Crippen molar-refractivity contribution in [2.24, 2.45) is 34.6 Å². The van der Waals surface area contributed by atoms with Crippen molar-refractivity contribution in [2.75, 3.05) is 12.4 Å². The summed E-state index contributed by atoms with van der Waals surface area (Å²) in [5.74, 6) is -3.22. The number of Topliss-reactive ketones (excluding diaryl/α,β-unsaturated/α-hetero) is 1. The molecular formula is C38H49N3O12. The number of phenolic OH excluding ortho intramolecular Hbond substituents is 3. The Labute approximate surface area is 307 Å². The number of aliphatic hydroxyl groups excluding tert-OH is 2. The highest BCUT2D eigenvalue weighted by atomic mass is 16.7. The average Bonchev–Trinajstić information content (AvgIpc) is 3.38. The Morgan fingerprint density at radius 2 is 1.64 bits per heavy atom. The van der Waals surface area contributed by atoms with Gasteiger partial charge in [-0.15, -0.1) is 0 Å². The lowest BCUT2D eigenvalue weighted by atomic mass is 9.78. The van der Waals surface area contributed by atoms with Crippen molar-refractivity contribution >= 4 is 40.3 Å². The van der Waals surface area contributed by atoms with Crippen LogP contribution in [0.5, 0.6) is 23.0 Å². The van der Waals surface area contributed by atoms with E-state index >= 15 is 0 Å². The fraction of sp³-hybridized carbons (Fsp3) is 0.474. The fourth-order valence-corrected chi connectivity index (χ4v) is 6.95. The van der Waals surface area contributed by atoms with Gasteiger partial charge in [0.2, 0.25) is 0 Å². The van der Waals surface area contributed by atoms with Crippen LogP contribution in [0.1, 0.15) is 70.0 Å². The highest BCUT2D eigenvalue weighted by molar-refractivity contribution is 6.23.